The number of halogens is 2. The Morgan fingerprint density at radius 3 is 2.79 bits per heavy atom. The van der Waals surface area contributed by atoms with E-state index in [1.165, 1.54) is 6.07 Å². The number of fused-ring (bicyclic) bond motifs is 4. The van der Waals surface area contributed by atoms with Crippen molar-refractivity contribution in [3.63, 3.8) is 0 Å². The van der Waals surface area contributed by atoms with Crippen LogP contribution in [0.4, 0.5) is 8.78 Å². The molecule has 1 aromatic rings. The second-order valence-corrected chi connectivity index (χ2v) is 3.15. The van der Waals surface area contributed by atoms with E-state index in [4.69, 9.17) is 9.47 Å². The molecule has 2 heterocycles. The Labute approximate surface area is 80.4 Å². The van der Waals surface area contributed by atoms with Gasteiger partial charge in [-0.3, -0.25) is 0 Å². The SMILES string of the molecule is CCCc1cc2c(F)c(F)c1OCO2. The fourth-order valence-corrected chi connectivity index (χ4v) is 1.50. The van der Waals surface area contributed by atoms with Gasteiger partial charge in [0.05, 0.1) is 0 Å². The minimum Gasteiger partial charge on any atom is -0.454 e. The van der Waals surface area contributed by atoms with Crippen molar-refractivity contribution in [2.45, 2.75) is 19.8 Å². The lowest BCUT2D eigenvalue weighted by Gasteiger charge is -2.06. The number of hydrogen-bond donors (Lipinski definition) is 0. The first-order valence-corrected chi connectivity index (χ1v) is 4.50. The van der Waals surface area contributed by atoms with Crippen molar-refractivity contribution in [3.05, 3.63) is 23.3 Å². The molecule has 0 saturated heterocycles. The summed E-state index contributed by atoms with van der Waals surface area (Å²) in [5, 5.41) is 0. The number of ether oxygens (including phenoxy) is 2. The van der Waals surface area contributed by atoms with Crippen LogP contribution in [0.15, 0.2) is 6.07 Å². The molecule has 0 fully saturated rings. The van der Waals surface area contributed by atoms with Gasteiger partial charge in [0.25, 0.3) is 0 Å². The van der Waals surface area contributed by atoms with E-state index in [1.54, 1.807) is 0 Å². The van der Waals surface area contributed by atoms with Gasteiger partial charge in [0.1, 0.15) is 0 Å². The van der Waals surface area contributed by atoms with Crippen LogP contribution in [0.3, 0.4) is 0 Å². The average molecular weight is 200 g/mol. The van der Waals surface area contributed by atoms with Gasteiger partial charge in [-0.05, 0) is 12.5 Å². The van der Waals surface area contributed by atoms with Crippen molar-refractivity contribution in [2.24, 2.45) is 0 Å². The molecule has 2 nitrogen and oxygen atoms in total. The number of rotatable bonds is 2. The van der Waals surface area contributed by atoms with E-state index in [-0.39, 0.29) is 18.3 Å². The molecule has 0 N–H and O–H groups in total. The summed E-state index contributed by atoms with van der Waals surface area (Å²) < 4.78 is 36.3. The standard InChI is InChI=1S/C10H10F2O2/c1-2-3-6-4-7-8(11)9(12)10(6)14-5-13-7/h4H,2-3,5H2,1H3. The monoisotopic (exact) mass is 200 g/mol. The molecule has 0 atom stereocenters. The van der Waals surface area contributed by atoms with Gasteiger partial charge in [0.15, 0.2) is 11.5 Å². The van der Waals surface area contributed by atoms with E-state index in [0.717, 1.165) is 6.42 Å². The number of aryl methyl sites for hydroxylation is 1. The van der Waals surface area contributed by atoms with E-state index >= 15 is 0 Å². The summed E-state index contributed by atoms with van der Waals surface area (Å²) in [5.41, 5.74) is 0.666. The lowest BCUT2D eigenvalue weighted by atomic mass is 10.1. The predicted octanol–water partition coefficient (Wildman–Crippen LogP) is 2.65. The summed E-state index contributed by atoms with van der Waals surface area (Å²) >= 11 is 0. The molecule has 2 aliphatic heterocycles. The maximum atomic E-state index is 13.3. The molecule has 2 aliphatic rings. The first-order chi connectivity index (χ1) is 6.74. The Morgan fingerprint density at radius 1 is 1.29 bits per heavy atom. The van der Waals surface area contributed by atoms with Gasteiger partial charge in [-0.1, -0.05) is 13.3 Å². The molecule has 0 unspecified atom stereocenters. The minimum atomic E-state index is -0.961. The predicted molar refractivity (Wildman–Crippen MR) is 46.5 cm³/mol. The van der Waals surface area contributed by atoms with Crippen LogP contribution in [0.1, 0.15) is 18.9 Å². The van der Waals surface area contributed by atoms with E-state index in [9.17, 15) is 8.78 Å². The molecule has 0 saturated carbocycles. The molecule has 1 aromatic carbocycles. The summed E-state index contributed by atoms with van der Waals surface area (Å²) in [7, 11) is 0. The van der Waals surface area contributed by atoms with Crippen LogP contribution in [0.5, 0.6) is 11.5 Å². The zero-order valence-corrected chi connectivity index (χ0v) is 7.77. The Balaban J connectivity index is 2.55. The van der Waals surface area contributed by atoms with Gasteiger partial charge in [-0.25, -0.2) is 0 Å². The number of hydrogen-bond acceptors (Lipinski definition) is 2. The average Bonchev–Trinajstić information content (AvgIpc) is 2.44. The van der Waals surface area contributed by atoms with E-state index in [0.29, 0.717) is 12.0 Å². The first kappa shape index (κ1) is 9.24. The third-order valence-electron chi connectivity index (χ3n) is 2.14. The van der Waals surface area contributed by atoms with Gasteiger partial charge >= 0.3 is 0 Å². The smallest absolute Gasteiger partial charge is 0.231 e. The molecule has 0 radical (unpaired) electrons. The van der Waals surface area contributed by atoms with Crippen LogP contribution in [0.25, 0.3) is 0 Å². The molecule has 14 heavy (non-hydrogen) atoms. The largest absolute Gasteiger partial charge is 0.454 e. The van der Waals surface area contributed by atoms with Crippen LogP contribution < -0.4 is 9.47 Å². The second-order valence-electron chi connectivity index (χ2n) is 3.15. The molecule has 3 rings (SSSR count). The quantitative estimate of drug-likeness (QED) is 0.730. The molecular weight excluding hydrogens is 190 g/mol. The summed E-state index contributed by atoms with van der Waals surface area (Å²) in [4.78, 5) is 0. The molecule has 0 spiro atoms. The molecule has 0 aliphatic carbocycles. The summed E-state index contributed by atoms with van der Waals surface area (Å²) in [6, 6.07) is 1.50. The summed E-state index contributed by atoms with van der Waals surface area (Å²) in [5.74, 6) is -1.97. The third kappa shape index (κ3) is 1.31. The Morgan fingerprint density at radius 2 is 2.07 bits per heavy atom. The van der Waals surface area contributed by atoms with Gasteiger partial charge in [-0.2, -0.15) is 8.78 Å². The maximum absolute atomic E-state index is 13.3. The fourth-order valence-electron chi connectivity index (χ4n) is 1.50. The highest BCUT2D eigenvalue weighted by Gasteiger charge is 2.23. The van der Waals surface area contributed by atoms with E-state index in [2.05, 4.69) is 0 Å². The van der Waals surface area contributed by atoms with E-state index < -0.39 is 11.6 Å². The molecule has 2 bridgehead atoms. The normalized spacial score (nSPS) is 13.4. The van der Waals surface area contributed by atoms with Crippen LogP contribution in [0, 0.1) is 11.6 Å². The fraction of sp³-hybridized carbons (Fsp3) is 0.400. The topological polar surface area (TPSA) is 18.5 Å². The van der Waals surface area contributed by atoms with Gasteiger partial charge in [0, 0.05) is 5.56 Å². The van der Waals surface area contributed by atoms with E-state index in [1.807, 2.05) is 6.92 Å². The van der Waals surface area contributed by atoms with Crippen molar-refractivity contribution in [1.29, 1.82) is 0 Å². The minimum absolute atomic E-state index is 0.00870. The van der Waals surface area contributed by atoms with Crippen molar-refractivity contribution in [2.75, 3.05) is 6.79 Å². The lowest BCUT2D eigenvalue weighted by Crippen LogP contribution is -2.02. The van der Waals surface area contributed by atoms with Crippen LogP contribution in [0.2, 0.25) is 0 Å². The Hall–Kier alpha value is -1.32. The van der Waals surface area contributed by atoms with Crippen molar-refractivity contribution in [3.8, 4) is 11.5 Å². The van der Waals surface area contributed by atoms with Gasteiger partial charge in [0.2, 0.25) is 18.4 Å². The lowest BCUT2D eigenvalue weighted by molar-refractivity contribution is 0.122. The Kier molecular flexibility index (Phi) is 2.27. The molecule has 0 aromatic heterocycles. The summed E-state index contributed by atoms with van der Waals surface area (Å²) in [6.45, 7) is 1.83. The van der Waals surface area contributed by atoms with Crippen molar-refractivity contribution >= 4 is 0 Å². The van der Waals surface area contributed by atoms with Crippen molar-refractivity contribution < 1.29 is 18.3 Å². The molecular formula is C10H10F2O2. The highest BCUT2D eigenvalue weighted by Crippen LogP contribution is 2.35. The molecule has 0 amide bonds. The zero-order chi connectivity index (χ0) is 10.1. The van der Waals surface area contributed by atoms with Crippen molar-refractivity contribution in [1.82, 2.24) is 0 Å². The van der Waals surface area contributed by atoms with Crippen LogP contribution in [-0.2, 0) is 6.42 Å². The summed E-state index contributed by atoms with van der Waals surface area (Å²) in [6.07, 6.45) is 1.50. The van der Waals surface area contributed by atoms with Crippen LogP contribution in [-0.4, -0.2) is 6.79 Å². The first-order valence-electron chi connectivity index (χ1n) is 4.50. The Bertz CT molecular complexity index is 364. The molecule has 76 valence electrons. The van der Waals surface area contributed by atoms with Gasteiger partial charge < -0.3 is 9.47 Å². The highest BCUT2D eigenvalue weighted by molar-refractivity contribution is 5.44. The highest BCUT2D eigenvalue weighted by atomic mass is 19.2. The maximum Gasteiger partial charge on any atom is 0.231 e. The van der Waals surface area contributed by atoms with Gasteiger partial charge in [-0.15, -0.1) is 0 Å². The third-order valence-corrected chi connectivity index (χ3v) is 2.14. The zero-order valence-electron chi connectivity index (χ0n) is 7.77. The molecule has 4 heteroatoms. The van der Waals surface area contributed by atoms with Crippen LogP contribution >= 0.6 is 0 Å². The number of benzene rings is 1. The second kappa shape index (κ2) is 3.44.